The fourth-order valence-corrected chi connectivity index (χ4v) is 4.43. The van der Waals surface area contributed by atoms with Crippen molar-refractivity contribution in [3.63, 3.8) is 0 Å². The smallest absolute Gasteiger partial charge is 0.495 e. The standard InChI is InChI=1S/C28H29F3N7O6P/c1-37(2)26(40)20-12-18(19-13-33-38(15-19)9-4-10-39)6-8-22(20)34-25-21(28(29,30)31)14-32-27(36-25)35-23-7-5-17(11-24(23)43-3)16-44-45(41)42/h5-8,11-15,39H,4,9-10,16H2,1-3H3,(H2-,32,34,35,36,40,41,42)/p+1. The Balaban J connectivity index is 1.70. The highest BCUT2D eigenvalue weighted by atomic mass is 31.1. The first kappa shape index (κ1) is 33.3. The van der Waals surface area contributed by atoms with Gasteiger partial charge in [0.2, 0.25) is 5.95 Å². The number of aliphatic hydroxyl groups is 1. The largest absolute Gasteiger partial charge is 0.695 e. The van der Waals surface area contributed by atoms with Crippen LogP contribution in [0.15, 0.2) is 55.0 Å². The number of hydrogen-bond acceptors (Lipinski definition) is 10. The van der Waals surface area contributed by atoms with Gasteiger partial charge in [0.05, 0.1) is 30.2 Å². The third-order valence-corrected chi connectivity index (χ3v) is 6.72. The molecule has 1 amide bonds. The number of rotatable bonds is 13. The summed E-state index contributed by atoms with van der Waals surface area (Å²) in [6.07, 6.45) is -0.369. The Morgan fingerprint density at radius 3 is 2.51 bits per heavy atom. The van der Waals surface area contributed by atoms with Crippen molar-refractivity contribution < 1.29 is 41.8 Å². The van der Waals surface area contributed by atoms with Gasteiger partial charge in [-0.1, -0.05) is 12.1 Å². The number of benzene rings is 2. The van der Waals surface area contributed by atoms with Crippen LogP contribution in [0.2, 0.25) is 0 Å². The molecule has 17 heteroatoms. The summed E-state index contributed by atoms with van der Waals surface area (Å²) < 4.78 is 64.7. The van der Waals surface area contributed by atoms with Crippen LogP contribution in [0.25, 0.3) is 11.1 Å². The van der Waals surface area contributed by atoms with Crippen LogP contribution in [-0.4, -0.2) is 68.4 Å². The molecular formula is C28H30F3N7O6P+. The quantitative estimate of drug-likeness (QED) is 0.143. The third kappa shape index (κ3) is 8.51. The normalized spacial score (nSPS) is 11.7. The number of methoxy groups -OCH3 is 1. The number of carbonyl (C=O) groups is 1. The van der Waals surface area contributed by atoms with Crippen molar-refractivity contribution in [2.45, 2.75) is 25.7 Å². The number of aryl methyl sites for hydroxylation is 1. The maximum atomic E-state index is 14.1. The Morgan fingerprint density at radius 2 is 1.84 bits per heavy atom. The van der Waals surface area contributed by atoms with Crippen molar-refractivity contribution in [2.75, 3.05) is 38.4 Å². The molecule has 4 aromatic rings. The minimum absolute atomic E-state index is 0.00230. The van der Waals surface area contributed by atoms with Crippen LogP contribution in [0.3, 0.4) is 0 Å². The van der Waals surface area contributed by atoms with E-state index >= 15 is 0 Å². The summed E-state index contributed by atoms with van der Waals surface area (Å²) in [7, 11) is 1.60. The summed E-state index contributed by atoms with van der Waals surface area (Å²) in [6, 6.07) is 9.27. The van der Waals surface area contributed by atoms with Gasteiger partial charge in [0.15, 0.2) is 0 Å². The highest BCUT2D eigenvalue weighted by Gasteiger charge is 2.36. The molecule has 0 saturated heterocycles. The van der Waals surface area contributed by atoms with Crippen LogP contribution < -0.4 is 15.4 Å². The monoisotopic (exact) mass is 648 g/mol. The predicted molar refractivity (Wildman–Crippen MR) is 159 cm³/mol. The maximum absolute atomic E-state index is 14.1. The van der Waals surface area contributed by atoms with Gasteiger partial charge in [-0.15, -0.1) is 9.42 Å². The van der Waals surface area contributed by atoms with Crippen molar-refractivity contribution in [2.24, 2.45) is 0 Å². The lowest BCUT2D eigenvalue weighted by Gasteiger charge is -2.19. The number of nitrogens with one attached hydrogen (secondary N) is 2. The number of nitrogens with zero attached hydrogens (tertiary/aromatic N) is 5. The first-order chi connectivity index (χ1) is 21.4. The van der Waals surface area contributed by atoms with Crippen LogP contribution in [-0.2, 0) is 28.4 Å². The molecule has 13 nitrogen and oxygen atoms in total. The minimum Gasteiger partial charge on any atom is -0.495 e. The van der Waals surface area contributed by atoms with E-state index in [1.807, 2.05) is 0 Å². The van der Waals surface area contributed by atoms with E-state index in [0.717, 1.165) is 0 Å². The van der Waals surface area contributed by atoms with Gasteiger partial charge in [0.25, 0.3) is 5.91 Å². The SMILES string of the molecule is COc1cc(CO[P+](=O)O)ccc1Nc1ncc(C(F)(F)F)c(Nc2ccc(-c3cnn(CCCO)c3)cc2C(=O)N(C)C)n1. The highest BCUT2D eigenvalue weighted by Crippen LogP contribution is 2.37. The molecule has 0 saturated carbocycles. The molecule has 0 aliphatic rings. The molecule has 2 aromatic heterocycles. The van der Waals surface area contributed by atoms with Crippen molar-refractivity contribution in [1.82, 2.24) is 24.6 Å². The van der Waals surface area contributed by atoms with Crippen LogP contribution in [0.1, 0.15) is 27.9 Å². The number of halogens is 3. The third-order valence-electron chi connectivity index (χ3n) is 6.37. The number of amides is 1. The number of hydrogen-bond donors (Lipinski definition) is 4. The maximum Gasteiger partial charge on any atom is 0.695 e. The molecular weight excluding hydrogens is 618 g/mol. The molecule has 0 spiro atoms. The summed E-state index contributed by atoms with van der Waals surface area (Å²) in [6.45, 7) is 0.314. The summed E-state index contributed by atoms with van der Waals surface area (Å²) in [5.41, 5.74) is 1.08. The number of aliphatic hydroxyl groups excluding tert-OH is 1. The molecule has 0 aliphatic heterocycles. The Bertz CT molecular complexity index is 1680. The molecule has 2 heterocycles. The van der Waals surface area contributed by atoms with Crippen molar-refractivity contribution in [1.29, 1.82) is 0 Å². The lowest BCUT2D eigenvalue weighted by atomic mass is 10.0. The first-order valence-electron chi connectivity index (χ1n) is 13.3. The minimum atomic E-state index is -4.83. The first-order valence-corrected chi connectivity index (χ1v) is 14.5. The molecule has 4 rings (SSSR count). The van der Waals surface area contributed by atoms with Crippen molar-refractivity contribution >= 4 is 37.3 Å². The second-order valence-corrected chi connectivity index (χ2v) is 10.5. The van der Waals surface area contributed by atoms with E-state index in [1.165, 1.54) is 44.3 Å². The molecule has 0 bridgehead atoms. The zero-order valence-corrected chi connectivity index (χ0v) is 25.3. The van der Waals surface area contributed by atoms with Gasteiger partial charge in [0.1, 0.15) is 23.7 Å². The molecule has 1 atom stereocenters. The average molecular weight is 649 g/mol. The van der Waals surface area contributed by atoms with E-state index in [0.29, 0.717) is 41.5 Å². The van der Waals surface area contributed by atoms with Crippen molar-refractivity contribution in [3.8, 4) is 16.9 Å². The lowest BCUT2D eigenvalue weighted by molar-refractivity contribution is -0.137. The summed E-state index contributed by atoms with van der Waals surface area (Å²) in [5, 5.41) is 18.8. The topological polar surface area (TPSA) is 164 Å². The molecule has 0 fully saturated rings. The Labute approximate surface area is 256 Å². The van der Waals surface area contributed by atoms with E-state index in [2.05, 4.69) is 25.7 Å². The second kappa shape index (κ2) is 14.4. The van der Waals surface area contributed by atoms with E-state index in [4.69, 9.17) is 19.3 Å². The number of alkyl halides is 3. The van der Waals surface area contributed by atoms with Gasteiger partial charge in [-0.25, -0.2) is 4.98 Å². The Hall–Kier alpha value is -4.63. The zero-order chi connectivity index (χ0) is 32.7. The van der Waals surface area contributed by atoms with E-state index in [-0.39, 0.29) is 36.2 Å². The molecule has 45 heavy (non-hydrogen) atoms. The number of ether oxygens (including phenoxy) is 1. The van der Waals surface area contributed by atoms with E-state index in [1.54, 1.807) is 35.3 Å². The van der Waals surface area contributed by atoms with Crippen LogP contribution in [0.4, 0.5) is 36.3 Å². The number of carbonyl (C=O) groups excluding carboxylic acids is 1. The Morgan fingerprint density at radius 1 is 1.09 bits per heavy atom. The molecule has 0 radical (unpaired) electrons. The van der Waals surface area contributed by atoms with Gasteiger partial charge in [-0.3, -0.25) is 9.48 Å². The van der Waals surface area contributed by atoms with E-state index in [9.17, 15) is 22.5 Å². The predicted octanol–water partition coefficient (Wildman–Crippen LogP) is 5.11. The second-order valence-electron chi connectivity index (χ2n) is 9.78. The molecule has 2 aromatic carbocycles. The molecule has 0 aliphatic carbocycles. The summed E-state index contributed by atoms with van der Waals surface area (Å²) in [5.74, 6) is -1.03. The summed E-state index contributed by atoms with van der Waals surface area (Å²) >= 11 is 0. The van der Waals surface area contributed by atoms with Crippen LogP contribution in [0.5, 0.6) is 5.75 Å². The highest BCUT2D eigenvalue weighted by molar-refractivity contribution is 7.32. The zero-order valence-electron chi connectivity index (χ0n) is 24.4. The molecule has 1 unspecified atom stereocenters. The fourth-order valence-electron chi connectivity index (χ4n) is 4.17. The average Bonchev–Trinajstić information content (AvgIpc) is 3.47. The summed E-state index contributed by atoms with van der Waals surface area (Å²) in [4.78, 5) is 31.3. The number of anilines is 4. The Kier molecular flexibility index (Phi) is 10.7. The molecule has 4 N–H and O–H groups in total. The molecule has 238 valence electrons. The van der Waals surface area contributed by atoms with Gasteiger partial charge in [0, 0.05) is 49.8 Å². The van der Waals surface area contributed by atoms with Crippen molar-refractivity contribution in [3.05, 3.63) is 71.7 Å². The van der Waals surface area contributed by atoms with Gasteiger partial charge in [-0.05, 0) is 41.8 Å². The lowest BCUT2D eigenvalue weighted by Crippen LogP contribution is -2.23. The van der Waals surface area contributed by atoms with Gasteiger partial charge < -0.3 is 25.4 Å². The van der Waals surface area contributed by atoms with Gasteiger partial charge >= 0.3 is 14.4 Å². The van der Waals surface area contributed by atoms with Crippen LogP contribution >= 0.6 is 8.25 Å². The van der Waals surface area contributed by atoms with E-state index < -0.39 is 31.7 Å². The van der Waals surface area contributed by atoms with Crippen LogP contribution in [0, 0.1) is 0 Å². The van der Waals surface area contributed by atoms with Gasteiger partial charge in [-0.2, -0.15) is 23.3 Å². The number of aromatic nitrogens is 4. The fraction of sp³-hybridized carbons (Fsp3) is 0.286.